The summed E-state index contributed by atoms with van der Waals surface area (Å²) in [5.41, 5.74) is -1.28. The van der Waals surface area contributed by atoms with Crippen molar-refractivity contribution >= 4 is 6.09 Å². The number of rotatable bonds is 5. The Kier molecular flexibility index (Phi) is 5.92. The minimum atomic E-state index is -0.757. The van der Waals surface area contributed by atoms with Gasteiger partial charge in [-0.05, 0) is 34.6 Å². The molecule has 5 heteroatoms. The van der Waals surface area contributed by atoms with Crippen molar-refractivity contribution in [2.24, 2.45) is 0 Å². The van der Waals surface area contributed by atoms with Crippen molar-refractivity contribution in [1.29, 1.82) is 0 Å². The van der Waals surface area contributed by atoms with Crippen LogP contribution in [-0.2, 0) is 9.47 Å². The van der Waals surface area contributed by atoms with Crippen molar-refractivity contribution in [3.05, 3.63) is 0 Å². The van der Waals surface area contributed by atoms with E-state index in [0.717, 1.165) is 0 Å². The summed E-state index contributed by atoms with van der Waals surface area (Å²) >= 11 is 0. The molecule has 0 aliphatic rings. The van der Waals surface area contributed by atoms with Gasteiger partial charge in [-0.1, -0.05) is 0 Å². The number of hydrogen-bond donors (Lipinski definition) is 1. The first-order valence-corrected chi connectivity index (χ1v) is 5.81. The summed E-state index contributed by atoms with van der Waals surface area (Å²) in [6.07, 6.45) is -0.392. The fraction of sp³-hybridized carbons (Fsp3) is 0.917. The van der Waals surface area contributed by atoms with Crippen LogP contribution in [0.3, 0.4) is 0 Å². The fourth-order valence-corrected chi connectivity index (χ4v) is 1.21. The molecule has 0 spiro atoms. The van der Waals surface area contributed by atoms with Gasteiger partial charge in [-0.15, -0.1) is 0 Å². The highest BCUT2D eigenvalue weighted by Gasteiger charge is 2.30. The minimum absolute atomic E-state index is 0.150. The first kappa shape index (κ1) is 16.2. The Morgan fingerprint density at radius 2 is 1.82 bits per heavy atom. The topological polar surface area (TPSA) is 59.0 Å². The zero-order valence-electron chi connectivity index (χ0n) is 11.7. The van der Waals surface area contributed by atoms with Crippen molar-refractivity contribution in [2.45, 2.75) is 45.8 Å². The summed E-state index contributed by atoms with van der Waals surface area (Å²) in [6.45, 7) is 9.72. The molecule has 1 unspecified atom stereocenters. The van der Waals surface area contributed by atoms with Crippen LogP contribution in [0.1, 0.15) is 34.6 Å². The summed E-state index contributed by atoms with van der Waals surface area (Å²) in [6, 6.07) is 0. The van der Waals surface area contributed by atoms with E-state index in [9.17, 15) is 9.90 Å². The first-order valence-electron chi connectivity index (χ1n) is 5.81. The standard InChI is InChI=1S/C12H25NO4/c1-7-13(8-12(5,9-14)16-6)10(15)17-11(2,3)4/h14H,7-9H2,1-6H3. The van der Waals surface area contributed by atoms with Gasteiger partial charge in [0.05, 0.1) is 13.2 Å². The Hall–Kier alpha value is -0.810. The number of methoxy groups -OCH3 is 1. The Bertz CT molecular complexity index is 243. The smallest absolute Gasteiger partial charge is 0.410 e. The van der Waals surface area contributed by atoms with Gasteiger partial charge in [-0.3, -0.25) is 0 Å². The number of hydrogen-bond acceptors (Lipinski definition) is 4. The normalized spacial score (nSPS) is 15.2. The van der Waals surface area contributed by atoms with Crippen LogP contribution in [0.2, 0.25) is 0 Å². The lowest BCUT2D eigenvalue weighted by molar-refractivity contribution is -0.0614. The number of nitrogens with zero attached hydrogens (tertiary/aromatic N) is 1. The monoisotopic (exact) mass is 247 g/mol. The number of carbonyl (C=O) groups is 1. The lowest BCUT2D eigenvalue weighted by Gasteiger charge is -2.33. The molecule has 0 aromatic rings. The number of likely N-dealkylation sites (N-methyl/N-ethyl adjacent to an activating group) is 1. The molecule has 0 saturated carbocycles. The van der Waals surface area contributed by atoms with E-state index < -0.39 is 17.3 Å². The van der Waals surface area contributed by atoms with Crippen LogP contribution in [0.4, 0.5) is 4.79 Å². The molecular weight excluding hydrogens is 222 g/mol. The number of aliphatic hydroxyl groups is 1. The maximum absolute atomic E-state index is 11.9. The lowest BCUT2D eigenvalue weighted by atomic mass is 10.1. The molecule has 0 aliphatic carbocycles. The Morgan fingerprint density at radius 1 is 1.29 bits per heavy atom. The van der Waals surface area contributed by atoms with Crippen molar-refractivity contribution in [3.63, 3.8) is 0 Å². The summed E-state index contributed by atoms with van der Waals surface area (Å²) in [5.74, 6) is 0. The van der Waals surface area contributed by atoms with Gasteiger partial charge in [0.15, 0.2) is 0 Å². The van der Waals surface area contributed by atoms with Crippen molar-refractivity contribution in [1.82, 2.24) is 4.90 Å². The van der Waals surface area contributed by atoms with Crippen LogP contribution in [0.5, 0.6) is 0 Å². The van der Waals surface area contributed by atoms with Crippen LogP contribution in [0.15, 0.2) is 0 Å². The molecule has 17 heavy (non-hydrogen) atoms. The summed E-state index contributed by atoms with van der Waals surface area (Å²) in [7, 11) is 1.51. The molecule has 0 aliphatic heterocycles. The number of ether oxygens (including phenoxy) is 2. The first-order chi connectivity index (χ1) is 7.67. The quantitative estimate of drug-likeness (QED) is 0.802. The lowest BCUT2D eigenvalue weighted by Crippen LogP contribution is -2.48. The van der Waals surface area contributed by atoms with Crippen LogP contribution in [-0.4, -0.2) is 54.1 Å². The molecule has 0 heterocycles. The highest BCUT2D eigenvalue weighted by Crippen LogP contribution is 2.14. The average Bonchev–Trinajstić information content (AvgIpc) is 2.23. The Morgan fingerprint density at radius 3 is 2.12 bits per heavy atom. The van der Waals surface area contributed by atoms with Gasteiger partial charge in [-0.2, -0.15) is 0 Å². The Balaban J connectivity index is 4.58. The van der Waals surface area contributed by atoms with E-state index in [-0.39, 0.29) is 6.61 Å². The third-order valence-electron chi connectivity index (χ3n) is 2.39. The maximum Gasteiger partial charge on any atom is 0.410 e. The van der Waals surface area contributed by atoms with Crippen LogP contribution in [0.25, 0.3) is 0 Å². The third-order valence-corrected chi connectivity index (χ3v) is 2.39. The molecule has 1 amide bonds. The number of aliphatic hydroxyl groups excluding tert-OH is 1. The predicted molar refractivity (Wildman–Crippen MR) is 66.0 cm³/mol. The van der Waals surface area contributed by atoms with E-state index in [4.69, 9.17) is 9.47 Å². The summed E-state index contributed by atoms with van der Waals surface area (Å²) in [4.78, 5) is 13.4. The van der Waals surface area contributed by atoms with E-state index in [0.29, 0.717) is 13.1 Å². The Labute approximate surface area is 104 Å². The molecular formula is C12H25NO4. The van der Waals surface area contributed by atoms with Gasteiger partial charge in [0.1, 0.15) is 11.2 Å². The molecule has 0 aromatic heterocycles. The highest BCUT2D eigenvalue weighted by molar-refractivity contribution is 5.68. The number of carbonyl (C=O) groups excluding carboxylic acids is 1. The molecule has 0 saturated heterocycles. The summed E-state index contributed by atoms with van der Waals surface area (Å²) < 4.78 is 10.5. The molecule has 1 atom stereocenters. The highest BCUT2D eigenvalue weighted by atomic mass is 16.6. The second kappa shape index (κ2) is 6.21. The SMILES string of the molecule is CCN(CC(C)(CO)OC)C(=O)OC(C)(C)C. The van der Waals surface area contributed by atoms with Gasteiger partial charge < -0.3 is 19.5 Å². The van der Waals surface area contributed by atoms with E-state index >= 15 is 0 Å². The van der Waals surface area contributed by atoms with E-state index in [1.165, 1.54) is 12.0 Å². The molecule has 0 bridgehead atoms. The molecule has 0 radical (unpaired) electrons. The molecule has 5 nitrogen and oxygen atoms in total. The summed E-state index contributed by atoms with van der Waals surface area (Å²) in [5, 5.41) is 9.24. The van der Waals surface area contributed by atoms with Crippen molar-refractivity contribution in [2.75, 3.05) is 26.8 Å². The van der Waals surface area contributed by atoms with Crippen LogP contribution < -0.4 is 0 Å². The maximum atomic E-state index is 11.9. The number of amides is 1. The van der Waals surface area contributed by atoms with E-state index in [1.807, 2.05) is 27.7 Å². The second-order valence-electron chi connectivity index (χ2n) is 5.31. The van der Waals surface area contributed by atoms with Crippen LogP contribution >= 0.6 is 0 Å². The average molecular weight is 247 g/mol. The minimum Gasteiger partial charge on any atom is -0.444 e. The fourth-order valence-electron chi connectivity index (χ4n) is 1.21. The van der Waals surface area contributed by atoms with Crippen LogP contribution in [0, 0.1) is 0 Å². The van der Waals surface area contributed by atoms with E-state index in [1.54, 1.807) is 6.92 Å². The zero-order chi connectivity index (χ0) is 13.7. The molecule has 1 N–H and O–H groups in total. The zero-order valence-corrected chi connectivity index (χ0v) is 11.7. The van der Waals surface area contributed by atoms with Gasteiger partial charge in [0.25, 0.3) is 0 Å². The van der Waals surface area contributed by atoms with Gasteiger partial charge >= 0.3 is 6.09 Å². The molecule has 0 rings (SSSR count). The molecule has 0 aromatic carbocycles. The van der Waals surface area contributed by atoms with E-state index in [2.05, 4.69) is 0 Å². The second-order valence-corrected chi connectivity index (χ2v) is 5.31. The van der Waals surface area contributed by atoms with Gasteiger partial charge in [0, 0.05) is 13.7 Å². The van der Waals surface area contributed by atoms with Gasteiger partial charge in [-0.25, -0.2) is 4.79 Å². The molecule has 102 valence electrons. The third kappa shape index (κ3) is 5.89. The predicted octanol–water partition coefficient (Wildman–Crippen LogP) is 1.64. The molecule has 0 fully saturated rings. The largest absolute Gasteiger partial charge is 0.444 e. The van der Waals surface area contributed by atoms with Gasteiger partial charge in [0.2, 0.25) is 0 Å². The van der Waals surface area contributed by atoms with Crippen molar-refractivity contribution in [3.8, 4) is 0 Å². The van der Waals surface area contributed by atoms with Crippen molar-refractivity contribution < 1.29 is 19.4 Å².